The monoisotopic (exact) mass is 641 g/mol. The number of aromatic nitrogens is 3. The first-order valence-corrected chi connectivity index (χ1v) is 13.7. The lowest BCUT2D eigenvalue weighted by Gasteiger charge is -2.38. The molecule has 0 spiro atoms. The third-order valence-corrected chi connectivity index (χ3v) is 7.33. The minimum absolute atomic E-state index is 0.197. The van der Waals surface area contributed by atoms with E-state index in [4.69, 9.17) is 13.9 Å². The molecule has 0 aliphatic carbocycles. The van der Waals surface area contributed by atoms with E-state index >= 15 is 0 Å². The molecule has 0 saturated carbocycles. The van der Waals surface area contributed by atoms with Crippen LogP contribution in [0.4, 0.5) is 37.8 Å². The highest BCUT2D eigenvalue weighted by molar-refractivity contribution is 5.68. The summed E-state index contributed by atoms with van der Waals surface area (Å²) < 4.78 is 103. The molecule has 1 fully saturated rings. The Hall–Kier alpha value is -4.31. The number of benzene rings is 1. The van der Waals surface area contributed by atoms with Gasteiger partial charge in [0, 0.05) is 24.8 Å². The zero-order valence-corrected chi connectivity index (χ0v) is 23.8. The lowest BCUT2D eigenvalue weighted by Crippen LogP contribution is -2.45. The second kappa shape index (κ2) is 13.4. The molecule has 3 aromatic rings. The number of pyridine rings is 1. The maximum atomic E-state index is 14.8. The number of ether oxygens (including phenoxy) is 2. The Morgan fingerprint density at radius 2 is 1.76 bits per heavy atom. The molecule has 0 bridgehead atoms. The molecule has 16 heteroatoms. The van der Waals surface area contributed by atoms with Gasteiger partial charge in [-0.1, -0.05) is 42.5 Å². The Labute approximate surface area is 253 Å². The van der Waals surface area contributed by atoms with Crippen LogP contribution in [0.1, 0.15) is 49.1 Å². The number of hydrogen-bond acceptors (Lipinski definition) is 9. The van der Waals surface area contributed by atoms with Crippen LogP contribution < -0.4 is 5.32 Å². The van der Waals surface area contributed by atoms with Crippen LogP contribution in [0.15, 0.2) is 66.1 Å². The maximum absolute atomic E-state index is 14.8. The Bertz CT molecular complexity index is 1510. The largest absolute Gasteiger partial charge is 0.426 e. The van der Waals surface area contributed by atoms with Gasteiger partial charge in [0.05, 0.1) is 11.5 Å². The average molecular weight is 642 g/mol. The predicted molar refractivity (Wildman–Crippen MR) is 149 cm³/mol. The van der Waals surface area contributed by atoms with E-state index in [2.05, 4.69) is 33.7 Å². The van der Waals surface area contributed by atoms with Gasteiger partial charge in [0.2, 0.25) is 11.3 Å². The summed E-state index contributed by atoms with van der Waals surface area (Å²) in [6, 6.07) is 8.17. The highest BCUT2D eigenvalue weighted by Gasteiger charge is 2.61. The van der Waals surface area contributed by atoms with Crippen LogP contribution in [-0.4, -0.2) is 45.0 Å². The van der Waals surface area contributed by atoms with Gasteiger partial charge in [0.25, 0.3) is 11.8 Å². The van der Waals surface area contributed by atoms with Crippen LogP contribution in [-0.2, 0) is 27.9 Å². The first kappa shape index (κ1) is 33.6. The third kappa shape index (κ3) is 7.33. The zero-order valence-electron chi connectivity index (χ0n) is 23.8. The molecule has 1 N–H and O–H groups in total. The van der Waals surface area contributed by atoms with Crippen molar-refractivity contribution >= 4 is 11.5 Å². The van der Waals surface area contributed by atoms with Crippen LogP contribution in [0.3, 0.4) is 0 Å². The van der Waals surface area contributed by atoms with E-state index in [0.29, 0.717) is 5.56 Å². The van der Waals surface area contributed by atoms with E-state index < -0.39 is 76.0 Å². The van der Waals surface area contributed by atoms with E-state index in [-0.39, 0.29) is 45.0 Å². The highest BCUT2D eigenvalue weighted by atomic mass is 19.4. The number of anilines is 1. The molecule has 3 heterocycles. The fourth-order valence-electron chi connectivity index (χ4n) is 4.93. The van der Waals surface area contributed by atoms with Gasteiger partial charge in [-0.15, -0.1) is 23.4 Å². The smallest absolute Gasteiger partial charge is 0.415 e. The highest BCUT2D eigenvalue weighted by Crippen LogP contribution is 2.47. The van der Waals surface area contributed by atoms with Gasteiger partial charge in [0.15, 0.2) is 0 Å². The summed E-state index contributed by atoms with van der Waals surface area (Å²) in [6.07, 6.45) is -7.78. The van der Waals surface area contributed by atoms with Gasteiger partial charge in [-0.05, 0) is 37.7 Å². The van der Waals surface area contributed by atoms with Crippen molar-refractivity contribution in [1.82, 2.24) is 15.2 Å². The molecule has 1 aromatic carbocycles. The Balaban J connectivity index is 1.86. The topological polar surface area (TPSA) is 125 Å². The first-order valence-electron chi connectivity index (χ1n) is 13.7. The molecule has 0 radical (unpaired) electrons. The Morgan fingerprint density at radius 1 is 1.07 bits per heavy atom. The fourth-order valence-corrected chi connectivity index (χ4v) is 4.93. The van der Waals surface area contributed by atoms with Crippen LogP contribution >= 0.6 is 0 Å². The minimum atomic E-state index is -5.14. The van der Waals surface area contributed by atoms with Crippen molar-refractivity contribution in [3.05, 3.63) is 88.8 Å². The van der Waals surface area contributed by atoms with E-state index in [0.717, 1.165) is 0 Å². The molecule has 0 unspecified atom stereocenters. The zero-order chi connectivity index (χ0) is 32.9. The van der Waals surface area contributed by atoms with Crippen LogP contribution in [0.5, 0.6) is 0 Å². The van der Waals surface area contributed by atoms with Crippen molar-refractivity contribution in [2.75, 3.05) is 18.5 Å². The van der Waals surface area contributed by atoms with Gasteiger partial charge in [-0.3, -0.25) is 10.1 Å². The van der Waals surface area contributed by atoms with Gasteiger partial charge in [0.1, 0.15) is 11.4 Å². The van der Waals surface area contributed by atoms with Crippen molar-refractivity contribution < 1.29 is 45.2 Å². The van der Waals surface area contributed by atoms with Crippen LogP contribution in [0.2, 0.25) is 0 Å². The van der Waals surface area contributed by atoms with Crippen molar-refractivity contribution in [3.8, 4) is 11.6 Å². The minimum Gasteiger partial charge on any atom is -0.415 e. The van der Waals surface area contributed by atoms with E-state index in [1.54, 1.807) is 18.2 Å². The molecule has 2 aromatic heterocycles. The molecule has 10 nitrogen and oxygen atoms in total. The number of alkyl halides is 6. The molecule has 4 rings (SSSR count). The summed E-state index contributed by atoms with van der Waals surface area (Å²) in [5.41, 5.74) is -7.34. The second-order valence-electron chi connectivity index (χ2n) is 10.4. The van der Waals surface area contributed by atoms with Gasteiger partial charge in [-0.2, -0.15) is 26.3 Å². The number of halogens is 6. The number of hydrogen-bond donors (Lipinski definition) is 1. The number of rotatable bonds is 13. The molecule has 1 aliphatic heterocycles. The predicted octanol–water partition coefficient (Wildman–Crippen LogP) is 7.54. The Kier molecular flexibility index (Phi) is 9.97. The summed E-state index contributed by atoms with van der Waals surface area (Å²) in [6.45, 7) is 7.01. The standard InChI is InChI=1S/C29H29F6N5O5/c1-3-5-12-27(29(33,34)35,44-18-19-9-7-6-8-10-19)25-39-38-24(45-25)22-21(40(41)42)17-20(28(30,31)32)23(36-22)37-26(11-4-2)13-15-43-16-14-26/h3-4,6-10,17H,1-2,5,11-16,18H2,(H,36,37)/t27-/m1/s1. The summed E-state index contributed by atoms with van der Waals surface area (Å²) in [5.74, 6) is -2.82. The lowest BCUT2D eigenvalue weighted by molar-refractivity contribution is -0.384. The summed E-state index contributed by atoms with van der Waals surface area (Å²) in [4.78, 5) is 14.7. The molecule has 0 amide bonds. The normalized spacial score (nSPS) is 16.5. The van der Waals surface area contributed by atoms with Gasteiger partial charge < -0.3 is 19.2 Å². The molecule has 1 atom stereocenters. The van der Waals surface area contributed by atoms with Crippen LogP contribution in [0.25, 0.3) is 11.6 Å². The number of allylic oxidation sites excluding steroid dienone is 1. The van der Waals surface area contributed by atoms with Crippen molar-refractivity contribution in [3.63, 3.8) is 0 Å². The molecular formula is C29H29F6N5O5. The van der Waals surface area contributed by atoms with Gasteiger partial charge >= 0.3 is 18.0 Å². The number of nitrogens with one attached hydrogen (secondary N) is 1. The van der Waals surface area contributed by atoms with Crippen molar-refractivity contribution in [1.29, 1.82) is 0 Å². The van der Waals surface area contributed by atoms with E-state index in [1.807, 2.05) is 0 Å². The van der Waals surface area contributed by atoms with E-state index in [1.165, 1.54) is 24.3 Å². The van der Waals surface area contributed by atoms with Crippen LogP contribution in [0, 0.1) is 10.1 Å². The summed E-state index contributed by atoms with van der Waals surface area (Å²) in [7, 11) is 0. The number of nitro groups is 1. The average Bonchev–Trinajstić information content (AvgIpc) is 3.47. The van der Waals surface area contributed by atoms with E-state index in [9.17, 15) is 36.5 Å². The fraction of sp³-hybridized carbons (Fsp3) is 0.414. The maximum Gasteiger partial charge on any atom is 0.426 e. The molecular weight excluding hydrogens is 612 g/mol. The SMILES string of the molecule is C=CCC[C@@](OCc1ccccc1)(c1nnc(-c2nc(NC3(CC=C)CCOCC3)c(C(F)(F)F)cc2[N+](=O)[O-])o1)C(F)(F)F. The van der Waals surface area contributed by atoms with Crippen molar-refractivity contribution in [2.45, 2.75) is 62.2 Å². The quantitative estimate of drug-likeness (QED) is 0.0872. The van der Waals surface area contributed by atoms with Gasteiger partial charge in [-0.25, -0.2) is 4.98 Å². The third-order valence-electron chi connectivity index (χ3n) is 7.33. The summed E-state index contributed by atoms with van der Waals surface area (Å²) >= 11 is 0. The molecule has 1 saturated heterocycles. The molecule has 1 aliphatic rings. The molecule has 45 heavy (non-hydrogen) atoms. The number of nitrogens with zero attached hydrogens (tertiary/aromatic N) is 4. The van der Waals surface area contributed by atoms with Crippen molar-refractivity contribution in [2.24, 2.45) is 0 Å². The lowest BCUT2D eigenvalue weighted by atomic mass is 9.86. The Morgan fingerprint density at radius 3 is 2.33 bits per heavy atom. The second-order valence-corrected chi connectivity index (χ2v) is 10.4. The molecule has 242 valence electrons. The summed E-state index contributed by atoms with van der Waals surface area (Å²) in [5, 5.41) is 21.8. The first-order chi connectivity index (χ1) is 21.2.